The molecule has 6 heteroatoms. The average Bonchev–Trinajstić information content (AvgIpc) is 3.64. The van der Waals surface area contributed by atoms with Gasteiger partial charge in [-0.15, -0.1) is 0 Å². The molecule has 34 heavy (non-hydrogen) atoms. The molecule has 0 bridgehead atoms. The van der Waals surface area contributed by atoms with Crippen LogP contribution >= 0.6 is 0 Å². The summed E-state index contributed by atoms with van der Waals surface area (Å²) in [6, 6.07) is 4.34. The third-order valence-electron chi connectivity index (χ3n) is 9.10. The predicted molar refractivity (Wildman–Crippen MR) is 131 cm³/mol. The van der Waals surface area contributed by atoms with E-state index in [-0.39, 0.29) is 11.8 Å². The van der Waals surface area contributed by atoms with Gasteiger partial charge in [0.25, 0.3) is 5.91 Å². The third-order valence-corrected chi connectivity index (χ3v) is 9.10. The minimum Gasteiger partial charge on any atom is -0.342 e. The van der Waals surface area contributed by atoms with Crippen molar-refractivity contribution in [1.29, 1.82) is 0 Å². The zero-order chi connectivity index (χ0) is 23.4. The molecule has 0 radical (unpaired) electrons. The van der Waals surface area contributed by atoms with Gasteiger partial charge in [0, 0.05) is 49.3 Å². The lowest BCUT2D eigenvalue weighted by atomic mass is 9.70. The van der Waals surface area contributed by atoms with Gasteiger partial charge in [-0.2, -0.15) is 0 Å². The van der Waals surface area contributed by atoms with Crippen LogP contribution in [0.3, 0.4) is 0 Å². The summed E-state index contributed by atoms with van der Waals surface area (Å²) < 4.78 is 0. The van der Waals surface area contributed by atoms with E-state index in [9.17, 15) is 9.59 Å². The maximum absolute atomic E-state index is 13.2. The molecule has 6 nitrogen and oxygen atoms in total. The fourth-order valence-electron chi connectivity index (χ4n) is 6.87. The fourth-order valence-corrected chi connectivity index (χ4v) is 6.87. The normalized spacial score (nSPS) is 31.2. The highest BCUT2D eigenvalue weighted by Crippen LogP contribution is 2.42. The number of pyridine rings is 1. The van der Waals surface area contributed by atoms with E-state index in [1.807, 2.05) is 29.8 Å². The average molecular weight is 463 g/mol. The van der Waals surface area contributed by atoms with Gasteiger partial charge < -0.3 is 4.90 Å². The zero-order valence-electron chi connectivity index (χ0n) is 20.7. The molecule has 3 heterocycles. The number of amides is 2. The molecular weight excluding hydrogens is 424 g/mol. The third kappa shape index (κ3) is 4.07. The highest BCUT2D eigenvalue weighted by atomic mass is 16.2. The molecule has 2 aliphatic heterocycles. The largest absolute Gasteiger partial charge is 0.342 e. The monoisotopic (exact) mass is 462 g/mol. The Labute approximate surface area is 203 Å². The lowest BCUT2D eigenvalue weighted by molar-refractivity contribution is -0.140. The highest BCUT2D eigenvalue weighted by molar-refractivity contribution is 6.08. The van der Waals surface area contributed by atoms with E-state index in [1.165, 1.54) is 36.9 Å². The summed E-state index contributed by atoms with van der Waals surface area (Å²) in [7, 11) is 0. The second kappa shape index (κ2) is 8.46. The van der Waals surface area contributed by atoms with Crippen molar-refractivity contribution in [1.82, 2.24) is 14.8 Å². The molecule has 1 saturated heterocycles. The van der Waals surface area contributed by atoms with E-state index in [0.29, 0.717) is 17.7 Å². The summed E-state index contributed by atoms with van der Waals surface area (Å²) in [5, 5.41) is 0. The van der Waals surface area contributed by atoms with Gasteiger partial charge in [-0.3, -0.25) is 24.5 Å². The van der Waals surface area contributed by atoms with Gasteiger partial charge in [-0.05, 0) is 95.1 Å². The van der Waals surface area contributed by atoms with E-state index < -0.39 is 5.54 Å². The summed E-state index contributed by atoms with van der Waals surface area (Å²) in [6.45, 7) is 6.24. The molecule has 1 aromatic rings. The van der Waals surface area contributed by atoms with Crippen LogP contribution in [0.2, 0.25) is 0 Å². The van der Waals surface area contributed by atoms with Gasteiger partial charge in [0.2, 0.25) is 5.91 Å². The first-order chi connectivity index (χ1) is 16.4. The van der Waals surface area contributed by atoms with E-state index >= 15 is 0 Å². The van der Waals surface area contributed by atoms with Gasteiger partial charge in [0.15, 0.2) is 0 Å². The minimum absolute atomic E-state index is 0.146. The van der Waals surface area contributed by atoms with Crippen LogP contribution in [-0.2, 0) is 22.4 Å². The Morgan fingerprint density at radius 3 is 2.56 bits per heavy atom. The Kier molecular flexibility index (Phi) is 5.53. The van der Waals surface area contributed by atoms with Crippen molar-refractivity contribution in [3.63, 3.8) is 0 Å². The number of aryl methyl sites for hydroxylation is 1. The number of rotatable bonds is 5. The maximum Gasteiger partial charge on any atom is 0.255 e. The number of nitrogens with zero attached hydrogens (tertiary/aromatic N) is 4. The molecule has 1 aromatic heterocycles. The van der Waals surface area contributed by atoms with Gasteiger partial charge in [0.1, 0.15) is 11.4 Å². The zero-order valence-corrected chi connectivity index (χ0v) is 20.7. The number of fused-ring (bicyclic) bond motifs is 1. The molecule has 2 saturated carbocycles. The number of hydrogen-bond donors (Lipinski definition) is 0. The van der Waals surface area contributed by atoms with Gasteiger partial charge in [0.05, 0.1) is 0 Å². The Hall–Kier alpha value is -2.24. The van der Waals surface area contributed by atoms with Gasteiger partial charge in [-0.1, -0.05) is 6.07 Å². The van der Waals surface area contributed by atoms with Crippen molar-refractivity contribution in [2.75, 3.05) is 19.6 Å². The quantitative estimate of drug-likeness (QED) is 0.667. The van der Waals surface area contributed by atoms with Crippen molar-refractivity contribution in [3.8, 4) is 0 Å². The van der Waals surface area contributed by atoms with Crippen molar-refractivity contribution in [2.24, 2.45) is 34.6 Å². The minimum atomic E-state index is -0.653. The lowest BCUT2D eigenvalue weighted by Gasteiger charge is -2.42. The number of likely N-dealkylation sites (tertiary alicyclic amines) is 1. The first kappa shape index (κ1) is 22.2. The van der Waals surface area contributed by atoms with Crippen LogP contribution in [-0.4, -0.2) is 57.6 Å². The number of aromatic nitrogens is 1. The molecule has 182 valence electrons. The van der Waals surface area contributed by atoms with Crippen LogP contribution in [0.4, 0.5) is 0 Å². The smallest absolute Gasteiger partial charge is 0.255 e. The first-order valence-electron chi connectivity index (χ1n) is 13.5. The SMILES string of the molecule is CC1(C)N=C(C2CCC(C3CCc4ncccc4C3)CC2)N(CC2CN(C(=O)C3CC3)C2)C1=O. The van der Waals surface area contributed by atoms with E-state index in [4.69, 9.17) is 4.99 Å². The van der Waals surface area contributed by atoms with Crippen LogP contribution in [0.25, 0.3) is 0 Å². The van der Waals surface area contributed by atoms with Crippen molar-refractivity contribution in [3.05, 3.63) is 29.6 Å². The van der Waals surface area contributed by atoms with Crippen LogP contribution in [0, 0.1) is 29.6 Å². The van der Waals surface area contributed by atoms with Crippen molar-refractivity contribution < 1.29 is 9.59 Å². The molecule has 0 spiro atoms. The summed E-state index contributed by atoms with van der Waals surface area (Å²) in [5.74, 6) is 4.13. The summed E-state index contributed by atoms with van der Waals surface area (Å²) >= 11 is 0. The first-order valence-corrected chi connectivity index (χ1v) is 13.5. The number of amidine groups is 1. The van der Waals surface area contributed by atoms with Crippen LogP contribution in [0.1, 0.15) is 70.1 Å². The van der Waals surface area contributed by atoms with Crippen LogP contribution < -0.4 is 0 Å². The van der Waals surface area contributed by atoms with Crippen LogP contribution in [0.5, 0.6) is 0 Å². The second-order valence-electron chi connectivity index (χ2n) is 12.1. The topological polar surface area (TPSA) is 65.9 Å². The summed E-state index contributed by atoms with van der Waals surface area (Å²) in [6.07, 6.45) is 12.3. The van der Waals surface area contributed by atoms with Gasteiger partial charge >= 0.3 is 0 Å². The lowest BCUT2D eigenvalue weighted by Crippen LogP contribution is -2.56. The number of aliphatic imine (C=N–C) groups is 1. The number of carbonyl (C=O) groups is 2. The number of hydrogen-bond acceptors (Lipinski definition) is 4. The molecule has 0 aromatic carbocycles. The molecule has 0 N–H and O–H groups in total. The Morgan fingerprint density at radius 2 is 1.82 bits per heavy atom. The van der Waals surface area contributed by atoms with E-state index in [2.05, 4.69) is 17.1 Å². The van der Waals surface area contributed by atoms with E-state index in [1.54, 1.807) is 0 Å². The molecule has 1 unspecified atom stereocenters. The van der Waals surface area contributed by atoms with Gasteiger partial charge in [-0.25, -0.2) is 0 Å². The Balaban J connectivity index is 1.07. The molecule has 3 fully saturated rings. The standard InChI is InChI=1S/C28H38N4O2/c1-28(2)27(34)32(17-18-15-31(16-18)26(33)21-9-10-21)25(30-28)20-7-5-19(6-8-20)22-11-12-24-23(14-22)4-3-13-29-24/h3-4,13,18-22H,5-12,14-17H2,1-2H3. The van der Waals surface area contributed by atoms with E-state index in [0.717, 1.165) is 69.4 Å². The fraction of sp³-hybridized carbons (Fsp3) is 0.714. The molecule has 3 aliphatic carbocycles. The molecule has 2 amide bonds. The molecule has 6 rings (SSSR count). The summed E-state index contributed by atoms with van der Waals surface area (Å²) in [4.78, 5) is 39.1. The van der Waals surface area contributed by atoms with Crippen LogP contribution in [0.15, 0.2) is 23.3 Å². The summed E-state index contributed by atoms with van der Waals surface area (Å²) in [5.41, 5.74) is 2.10. The predicted octanol–water partition coefficient (Wildman–Crippen LogP) is 3.88. The second-order valence-corrected chi connectivity index (χ2v) is 12.1. The maximum atomic E-state index is 13.2. The molecular formula is C28H38N4O2. The Morgan fingerprint density at radius 1 is 1.06 bits per heavy atom. The Bertz CT molecular complexity index is 999. The highest BCUT2D eigenvalue weighted by Gasteiger charge is 2.47. The number of carbonyl (C=O) groups excluding carboxylic acids is 2. The molecule has 1 atom stereocenters. The van der Waals surface area contributed by atoms with Crippen molar-refractivity contribution in [2.45, 2.75) is 77.2 Å². The van der Waals surface area contributed by atoms with Crippen molar-refractivity contribution >= 4 is 17.6 Å². The molecule has 5 aliphatic rings.